The maximum absolute atomic E-state index is 12.4. The molecule has 0 unspecified atom stereocenters. The summed E-state index contributed by atoms with van der Waals surface area (Å²) in [6, 6.07) is 12.7. The lowest BCUT2D eigenvalue weighted by Crippen LogP contribution is -2.24. The van der Waals surface area contributed by atoms with E-state index in [0.717, 1.165) is 0 Å². The molecule has 0 atom stereocenters. The van der Waals surface area contributed by atoms with E-state index in [1.165, 1.54) is 24.3 Å². The van der Waals surface area contributed by atoms with Gasteiger partial charge in [0.15, 0.2) is 0 Å². The molecular weight excluding hydrogens is 352 g/mol. The molecule has 7 heteroatoms. The Kier molecular flexibility index (Phi) is 6.39. The highest BCUT2D eigenvalue weighted by Crippen LogP contribution is 2.25. The van der Waals surface area contributed by atoms with Gasteiger partial charge in [-0.15, -0.1) is 6.42 Å². The van der Waals surface area contributed by atoms with Crippen LogP contribution in [-0.4, -0.2) is 27.0 Å². The number of rotatable bonds is 7. The van der Waals surface area contributed by atoms with Crippen LogP contribution < -0.4 is 14.8 Å². The molecule has 0 aliphatic heterocycles. The maximum atomic E-state index is 12.4. The van der Waals surface area contributed by atoms with Crippen LogP contribution in [0.15, 0.2) is 53.4 Å². The zero-order valence-electron chi connectivity index (χ0n) is 14.5. The number of carbonyl (C=O) groups is 1. The lowest BCUT2D eigenvalue weighted by molar-refractivity contribution is 0.102. The SMILES string of the molecule is C#CCNS(=O)(=O)c1ccc(C(=O)Nc2ccccc2OC(C)C)cc1. The van der Waals surface area contributed by atoms with Crippen LogP contribution in [0.25, 0.3) is 0 Å². The Hall–Kier alpha value is -2.82. The van der Waals surface area contributed by atoms with E-state index >= 15 is 0 Å². The minimum absolute atomic E-state index is 0.0342. The van der Waals surface area contributed by atoms with E-state index in [9.17, 15) is 13.2 Å². The summed E-state index contributed by atoms with van der Waals surface area (Å²) in [7, 11) is -3.69. The molecule has 0 heterocycles. The summed E-state index contributed by atoms with van der Waals surface area (Å²) < 4.78 is 31.9. The fourth-order valence-corrected chi connectivity index (χ4v) is 3.06. The first-order chi connectivity index (χ1) is 12.3. The van der Waals surface area contributed by atoms with Crippen molar-refractivity contribution in [1.29, 1.82) is 0 Å². The van der Waals surface area contributed by atoms with Crippen LogP contribution >= 0.6 is 0 Å². The molecule has 2 N–H and O–H groups in total. The lowest BCUT2D eigenvalue weighted by atomic mass is 10.2. The molecule has 0 radical (unpaired) electrons. The van der Waals surface area contributed by atoms with E-state index in [2.05, 4.69) is 16.0 Å². The molecule has 6 nitrogen and oxygen atoms in total. The Morgan fingerprint density at radius 3 is 2.42 bits per heavy atom. The molecule has 0 aliphatic carbocycles. The van der Waals surface area contributed by atoms with Crippen molar-refractivity contribution in [3.63, 3.8) is 0 Å². The smallest absolute Gasteiger partial charge is 0.255 e. The van der Waals surface area contributed by atoms with E-state index in [1.807, 2.05) is 19.9 Å². The molecule has 26 heavy (non-hydrogen) atoms. The normalized spacial score (nSPS) is 11.0. The third kappa shape index (κ3) is 5.09. The van der Waals surface area contributed by atoms with Gasteiger partial charge in [0.05, 0.1) is 23.2 Å². The van der Waals surface area contributed by atoms with Crippen molar-refractivity contribution in [2.75, 3.05) is 11.9 Å². The molecule has 136 valence electrons. The van der Waals surface area contributed by atoms with Gasteiger partial charge >= 0.3 is 0 Å². The average molecular weight is 372 g/mol. The maximum Gasteiger partial charge on any atom is 0.255 e. The number of anilines is 1. The zero-order valence-corrected chi connectivity index (χ0v) is 15.3. The van der Waals surface area contributed by atoms with Crippen molar-refractivity contribution in [3.8, 4) is 18.1 Å². The minimum atomic E-state index is -3.69. The number of ether oxygens (including phenoxy) is 1. The number of para-hydroxylation sites is 2. The van der Waals surface area contributed by atoms with Gasteiger partial charge in [-0.05, 0) is 50.2 Å². The number of nitrogens with one attached hydrogen (secondary N) is 2. The number of amides is 1. The summed E-state index contributed by atoms with van der Waals surface area (Å²) in [5.41, 5.74) is 0.860. The Labute approximate surface area is 153 Å². The second-order valence-electron chi connectivity index (χ2n) is 5.67. The van der Waals surface area contributed by atoms with Gasteiger partial charge in [-0.25, -0.2) is 8.42 Å². The number of hydrogen-bond acceptors (Lipinski definition) is 4. The Morgan fingerprint density at radius 1 is 1.15 bits per heavy atom. The average Bonchev–Trinajstić information content (AvgIpc) is 2.61. The first kappa shape index (κ1) is 19.5. The molecule has 1 amide bonds. The van der Waals surface area contributed by atoms with Gasteiger partial charge in [0.25, 0.3) is 5.91 Å². The molecule has 2 rings (SSSR count). The molecular formula is C19H20N2O4S. The Morgan fingerprint density at radius 2 is 1.81 bits per heavy atom. The number of terminal acetylenes is 1. The first-order valence-electron chi connectivity index (χ1n) is 7.93. The summed E-state index contributed by atoms with van der Waals surface area (Å²) in [5, 5.41) is 2.77. The topological polar surface area (TPSA) is 84.5 Å². The number of sulfonamides is 1. The largest absolute Gasteiger partial charge is 0.489 e. The van der Waals surface area contributed by atoms with E-state index in [-0.39, 0.29) is 23.5 Å². The summed E-state index contributed by atoms with van der Waals surface area (Å²) >= 11 is 0. The van der Waals surface area contributed by atoms with Crippen molar-refractivity contribution in [1.82, 2.24) is 4.72 Å². The van der Waals surface area contributed by atoms with Gasteiger partial charge in [0.2, 0.25) is 10.0 Å². The molecule has 0 fully saturated rings. The minimum Gasteiger partial charge on any atom is -0.489 e. The van der Waals surface area contributed by atoms with Gasteiger partial charge in [-0.2, -0.15) is 4.72 Å². The van der Waals surface area contributed by atoms with E-state index in [4.69, 9.17) is 11.2 Å². The second-order valence-corrected chi connectivity index (χ2v) is 7.44. The molecule has 2 aromatic carbocycles. The van der Waals surface area contributed by atoms with Gasteiger partial charge in [-0.1, -0.05) is 18.1 Å². The number of benzene rings is 2. The summed E-state index contributed by atoms with van der Waals surface area (Å²) in [5.74, 6) is 2.40. The van der Waals surface area contributed by atoms with Crippen molar-refractivity contribution in [2.45, 2.75) is 24.8 Å². The monoisotopic (exact) mass is 372 g/mol. The highest BCUT2D eigenvalue weighted by Gasteiger charge is 2.15. The zero-order chi connectivity index (χ0) is 19.2. The van der Waals surface area contributed by atoms with Gasteiger partial charge in [0, 0.05) is 5.56 Å². The first-order valence-corrected chi connectivity index (χ1v) is 9.42. The molecule has 0 spiro atoms. The quantitative estimate of drug-likeness (QED) is 0.732. The molecule has 0 saturated heterocycles. The lowest BCUT2D eigenvalue weighted by Gasteiger charge is -2.14. The van der Waals surface area contributed by atoms with Crippen LogP contribution in [-0.2, 0) is 10.0 Å². The standard InChI is InChI=1S/C19H20N2O4S/c1-4-13-20-26(23,24)16-11-9-15(10-12-16)19(22)21-17-7-5-6-8-18(17)25-14(2)3/h1,5-12,14,20H,13H2,2-3H3,(H,21,22). The number of hydrogen-bond donors (Lipinski definition) is 2. The van der Waals surface area contributed by atoms with Crippen LogP contribution in [0, 0.1) is 12.3 Å². The summed E-state index contributed by atoms with van der Waals surface area (Å²) in [6.45, 7) is 3.69. The van der Waals surface area contributed by atoms with Crippen LogP contribution in [0.3, 0.4) is 0 Å². The van der Waals surface area contributed by atoms with Gasteiger partial charge in [-0.3, -0.25) is 4.79 Å². The Balaban J connectivity index is 2.16. The van der Waals surface area contributed by atoms with E-state index in [0.29, 0.717) is 17.0 Å². The summed E-state index contributed by atoms with van der Waals surface area (Å²) in [4.78, 5) is 12.5. The third-order valence-corrected chi connectivity index (χ3v) is 4.71. The van der Waals surface area contributed by atoms with Crippen molar-refractivity contribution < 1.29 is 17.9 Å². The highest BCUT2D eigenvalue weighted by molar-refractivity contribution is 7.89. The van der Waals surface area contributed by atoms with E-state index in [1.54, 1.807) is 18.2 Å². The predicted molar refractivity (Wildman–Crippen MR) is 101 cm³/mol. The molecule has 0 aromatic heterocycles. The fraction of sp³-hybridized carbons (Fsp3) is 0.211. The van der Waals surface area contributed by atoms with Crippen molar-refractivity contribution >= 4 is 21.6 Å². The second kappa shape index (κ2) is 8.52. The third-order valence-electron chi connectivity index (χ3n) is 3.29. The van der Waals surface area contributed by atoms with Crippen molar-refractivity contribution in [3.05, 3.63) is 54.1 Å². The molecule has 0 saturated carbocycles. The number of carbonyl (C=O) groups excluding carboxylic acids is 1. The van der Waals surface area contributed by atoms with Gasteiger partial charge < -0.3 is 10.1 Å². The van der Waals surface area contributed by atoms with Crippen LogP contribution in [0.5, 0.6) is 5.75 Å². The predicted octanol–water partition coefficient (Wildman–Crippen LogP) is 2.64. The molecule has 0 bridgehead atoms. The Bertz CT molecular complexity index is 913. The molecule has 0 aliphatic rings. The van der Waals surface area contributed by atoms with Crippen LogP contribution in [0.1, 0.15) is 24.2 Å². The van der Waals surface area contributed by atoms with Gasteiger partial charge in [0.1, 0.15) is 5.75 Å². The summed E-state index contributed by atoms with van der Waals surface area (Å²) in [6.07, 6.45) is 5.02. The van der Waals surface area contributed by atoms with Crippen LogP contribution in [0.2, 0.25) is 0 Å². The van der Waals surface area contributed by atoms with Crippen LogP contribution in [0.4, 0.5) is 5.69 Å². The van der Waals surface area contributed by atoms with Crippen molar-refractivity contribution in [2.24, 2.45) is 0 Å². The molecule has 2 aromatic rings. The van der Waals surface area contributed by atoms with E-state index < -0.39 is 10.0 Å². The highest BCUT2D eigenvalue weighted by atomic mass is 32.2. The fourth-order valence-electron chi connectivity index (χ4n) is 2.13.